The van der Waals surface area contributed by atoms with Crippen molar-refractivity contribution in [1.82, 2.24) is 46.8 Å². The average Bonchev–Trinajstić information content (AvgIpc) is 4.27. The number of benzene rings is 1. The van der Waals surface area contributed by atoms with Gasteiger partial charge in [0.15, 0.2) is 6.10 Å². The molecule has 1 aromatic carbocycles. The number of piperidine rings is 1. The Kier molecular flexibility index (Phi) is 31.9. The molecule has 492 valence electrons. The fourth-order valence-electron chi connectivity index (χ4n) is 10.3. The third-order valence-corrected chi connectivity index (χ3v) is 16.8. The van der Waals surface area contributed by atoms with Crippen LogP contribution in [0.15, 0.2) is 41.8 Å². The van der Waals surface area contributed by atoms with Gasteiger partial charge in [-0.05, 0) is 108 Å². The van der Waals surface area contributed by atoms with Crippen LogP contribution >= 0.6 is 11.3 Å². The normalized spacial score (nSPS) is 18.3. The molecule has 0 spiro atoms. The van der Waals surface area contributed by atoms with Crippen molar-refractivity contribution in [2.75, 3.05) is 58.3 Å². The molecule has 8 atom stereocenters. The zero-order valence-electron chi connectivity index (χ0n) is 53.4. The van der Waals surface area contributed by atoms with E-state index in [9.17, 15) is 53.1 Å². The number of hydrogen-bond acceptors (Lipinski definition) is 16. The van der Waals surface area contributed by atoms with E-state index in [1.807, 2.05) is 41.7 Å². The highest BCUT2D eigenvalue weighted by atomic mass is 32.1. The van der Waals surface area contributed by atoms with Crippen LogP contribution in [0.4, 0.5) is 5.69 Å². The first kappa shape index (κ1) is 74.2. The molecule has 4 rings (SSSR count). The number of aromatic nitrogens is 1. The van der Waals surface area contributed by atoms with E-state index in [1.54, 1.807) is 38.1 Å². The molecule has 0 saturated carbocycles. The summed E-state index contributed by atoms with van der Waals surface area (Å²) in [6.07, 6.45) is 18.5. The molecule has 1 saturated heterocycles. The molecule has 24 nitrogen and oxygen atoms in total. The van der Waals surface area contributed by atoms with Gasteiger partial charge in [0.25, 0.3) is 11.8 Å². The van der Waals surface area contributed by atoms with Crippen LogP contribution in [-0.4, -0.2) is 163 Å². The Labute approximate surface area is 528 Å². The number of rotatable bonds is 35. The van der Waals surface area contributed by atoms with Crippen molar-refractivity contribution in [3.05, 3.63) is 58.1 Å². The van der Waals surface area contributed by atoms with Gasteiger partial charge in [0, 0.05) is 55.3 Å². The first-order valence-corrected chi connectivity index (χ1v) is 32.0. The van der Waals surface area contributed by atoms with Gasteiger partial charge in [-0.3, -0.25) is 52.8 Å². The number of anilines is 1. The molecule has 2 aliphatic rings. The van der Waals surface area contributed by atoms with E-state index in [-0.39, 0.29) is 92.0 Å². The molecule has 1 aromatic heterocycles. The number of carboxylic acids is 1. The van der Waals surface area contributed by atoms with Crippen molar-refractivity contribution in [2.45, 2.75) is 188 Å². The number of esters is 1. The highest BCUT2D eigenvalue weighted by molar-refractivity contribution is 7.09. The number of aliphatic carboxylic acids is 1. The Morgan fingerprint density at radius 3 is 2.10 bits per heavy atom. The van der Waals surface area contributed by atoms with Crippen LogP contribution < -0.4 is 37.2 Å². The average molecular weight is 1260 g/mol. The zero-order chi connectivity index (χ0) is 65.6. The van der Waals surface area contributed by atoms with Crippen LogP contribution in [0.2, 0.25) is 0 Å². The molecule has 8 amide bonds. The van der Waals surface area contributed by atoms with E-state index in [0.717, 1.165) is 69.2 Å². The SMILES string of the molecule is C#CCCCON(C(=O)[C@@H](NC(=O)C[C@H]1CCCCN1C)[C@@H](C)CC)[C@H](C[C@@H](OC(C)=O)c1nc(C(=O)N[C@@H](Cc2ccc(NC(=O)CNC(=O)CNC(=O)CNC(=O)CNC(=O)COC3CCCCC/C=C\C3C)cc2)CC(C)(C)C(=O)O)cs1)C(C)C. The number of nitrogens with one attached hydrogen (secondary N) is 7. The predicted molar refractivity (Wildman–Crippen MR) is 336 cm³/mol. The van der Waals surface area contributed by atoms with E-state index in [1.165, 1.54) is 17.4 Å². The number of hydroxylamine groups is 2. The summed E-state index contributed by atoms with van der Waals surface area (Å²) in [5.74, 6) is -3.90. The number of carboxylic acid groups (broad SMARTS) is 1. The Morgan fingerprint density at radius 2 is 1.49 bits per heavy atom. The lowest BCUT2D eigenvalue weighted by Gasteiger charge is -2.38. The molecule has 1 fully saturated rings. The van der Waals surface area contributed by atoms with Crippen molar-refractivity contribution in [1.29, 1.82) is 0 Å². The number of allylic oxidation sites excluding steroid dienone is 1. The van der Waals surface area contributed by atoms with Gasteiger partial charge in [-0.2, -0.15) is 0 Å². The fourth-order valence-corrected chi connectivity index (χ4v) is 11.2. The van der Waals surface area contributed by atoms with Crippen molar-refractivity contribution in [3.8, 4) is 12.3 Å². The largest absolute Gasteiger partial charge is 0.481 e. The monoisotopic (exact) mass is 1260 g/mol. The number of nitrogens with zero attached hydrogens (tertiary/aromatic N) is 3. The quantitative estimate of drug-likeness (QED) is 0.0138. The maximum atomic E-state index is 14.9. The van der Waals surface area contributed by atoms with Crippen molar-refractivity contribution in [3.63, 3.8) is 0 Å². The minimum atomic E-state index is -1.29. The van der Waals surface area contributed by atoms with Crippen LogP contribution in [0.3, 0.4) is 0 Å². The third kappa shape index (κ3) is 26.8. The number of ether oxygens (including phenoxy) is 2. The lowest BCUT2D eigenvalue weighted by Crippen LogP contribution is -2.56. The highest BCUT2D eigenvalue weighted by Gasteiger charge is 2.40. The van der Waals surface area contributed by atoms with E-state index >= 15 is 0 Å². The third-order valence-electron chi connectivity index (χ3n) is 15.9. The van der Waals surface area contributed by atoms with E-state index in [4.69, 9.17) is 20.7 Å². The van der Waals surface area contributed by atoms with Crippen molar-refractivity contribution < 1.29 is 67.4 Å². The second-order valence-corrected chi connectivity index (χ2v) is 25.1. The number of unbranched alkanes of at least 4 members (excludes halogenated alkanes) is 1. The summed E-state index contributed by atoms with van der Waals surface area (Å²) in [4.78, 5) is 143. The lowest BCUT2D eigenvalue weighted by molar-refractivity contribution is -0.213. The number of hydrogen-bond donors (Lipinski definition) is 8. The first-order valence-electron chi connectivity index (χ1n) is 31.1. The minimum absolute atomic E-state index is 0.000369. The first-order chi connectivity index (χ1) is 42.3. The maximum Gasteiger partial charge on any atom is 0.309 e. The van der Waals surface area contributed by atoms with Crippen LogP contribution in [0.5, 0.6) is 0 Å². The standard InChI is InChI=1S/C64H96N10O14S/c1-11-13-21-30-87-74(62(83)59(42(5)12-2)72-53(76)32-48-23-19-20-29-73(48)10)50(41(3)4)33-52(88-44(7)75)61-71-49(40-89-61)60(82)70-47(34-64(8,9)63(84)85)31-45-25-27-46(28-26-45)69-57(80)38-67-55(78)36-65-54(77)35-66-56(79)37-68-58(81)39-86-51-24-18-16-14-15-17-22-43(51)6/h1,17,22,25-28,40-43,47-48,50-52,59H,12-16,18-21,23-24,29-39H2,2-10H3,(H,65,77)(H,66,79)(H,67,78)(H,68,81)(H,69,80)(H,70,82)(H,72,76)(H,84,85)/b22-17-/t42-,43?,47-,48+,50+,51?,52+,59-/m0/s1. The smallest absolute Gasteiger partial charge is 0.309 e. The molecular formula is C64H96N10O14S. The van der Waals surface area contributed by atoms with Gasteiger partial charge < -0.3 is 56.7 Å². The molecule has 89 heavy (non-hydrogen) atoms. The Bertz CT molecular complexity index is 2750. The molecule has 2 heterocycles. The molecule has 2 aromatic rings. The van der Waals surface area contributed by atoms with Crippen LogP contribution in [0.25, 0.3) is 0 Å². The molecule has 0 bridgehead atoms. The maximum absolute atomic E-state index is 14.9. The summed E-state index contributed by atoms with van der Waals surface area (Å²) in [5.41, 5.74) is -0.272. The van der Waals surface area contributed by atoms with Gasteiger partial charge in [-0.25, -0.2) is 10.0 Å². The van der Waals surface area contributed by atoms with E-state index in [0.29, 0.717) is 30.5 Å². The minimum Gasteiger partial charge on any atom is -0.481 e. The van der Waals surface area contributed by atoms with Gasteiger partial charge in [0.2, 0.25) is 35.4 Å². The molecule has 25 heteroatoms. The molecular weight excluding hydrogens is 1160 g/mol. The molecule has 1 aliphatic carbocycles. The molecule has 8 N–H and O–H groups in total. The van der Waals surface area contributed by atoms with Gasteiger partial charge in [-0.1, -0.05) is 84.6 Å². The van der Waals surface area contributed by atoms with Gasteiger partial charge in [0.1, 0.15) is 23.4 Å². The number of likely N-dealkylation sites (tertiary alicyclic amines) is 1. The molecule has 2 unspecified atom stereocenters. The fraction of sp³-hybridized carbons (Fsp3) is 0.641. The van der Waals surface area contributed by atoms with Crippen molar-refractivity contribution in [2.24, 2.45) is 23.2 Å². The summed E-state index contributed by atoms with van der Waals surface area (Å²) >= 11 is 1.07. The Hall–Kier alpha value is -7.27. The van der Waals surface area contributed by atoms with Crippen LogP contribution in [0.1, 0.15) is 172 Å². The molecule has 0 radical (unpaired) electrons. The second-order valence-electron chi connectivity index (χ2n) is 24.2. The van der Waals surface area contributed by atoms with Crippen molar-refractivity contribution >= 4 is 76.2 Å². The van der Waals surface area contributed by atoms with Crippen LogP contribution in [0, 0.1) is 35.5 Å². The van der Waals surface area contributed by atoms with Gasteiger partial charge in [0.05, 0.1) is 50.3 Å². The second kappa shape index (κ2) is 38.3. The number of amides is 8. The molecule has 1 aliphatic heterocycles. The Balaban J connectivity index is 1.35. The predicted octanol–water partition coefficient (Wildman–Crippen LogP) is 5.53. The summed E-state index contributed by atoms with van der Waals surface area (Å²) in [5, 5.41) is 31.4. The number of thiazole rings is 1. The van der Waals surface area contributed by atoms with Gasteiger partial charge in [-0.15, -0.1) is 23.7 Å². The lowest BCUT2D eigenvalue weighted by atomic mass is 9.84. The van der Waals surface area contributed by atoms with Gasteiger partial charge >= 0.3 is 11.9 Å². The van der Waals surface area contributed by atoms with E-state index < -0.39 is 103 Å². The topological polar surface area (TPSA) is 322 Å². The highest BCUT2D eigenvalue weighted by Crippen LogP contribution is 2.33. The zero-order valence-corrected chi connectivity index (χ0v) is 54.2. The van der Waals surface area contributed by atoms with Crippen LogP contribution in [-0.2, 0) is 63.9 Å². The number of terminal acetylenes is 1. The summed E-state index contributed by atoms with van der Waals surface area (Å²) < 4.78 is 11.7. The number of carbonyl (C=O) groups is 10. The summed E-state index contributed by atoms with van der Waals surface area (Å²) in [6, 6.07) is 4.21. The van der Waals surface area contributed by atoms with E-state index in [2.05, 4.69) is 65.2 Å². The summed E-state index contributed by atoms with van der Waals surface area (Å²) in [6.45, 7) is 13.0. The Morgan fingerprint density at radius 1 is 0.854 bits per heavy atom. The summed E-state index contributed by atoms with van der Waals surface area (Å²) in [7, 11) is 2.00. The number of carbonyl (C=O) groups excluding carboxylic acids is 9.